The Labute approximate surface area is 183 Å². The fourth-order valence-corrected chi connectivity index (χ4v) is 3.27. The number of halogens is 2. The van der Waals surface area contributed by atoms with Crippen LogP contribution in [0.2, 0.25) is 0 Å². The third-order valence-electron chi connectivity index (χ3n) is 5.12. The SMILES string of the molecule is COc1cnc(NC(C)=O)cc1Nc1cc(-c2cnn(C3CCC3)c2)nc(C(C)(F)F)n1. The number of nitrogens with zero attached hydrogens (tertiary/aromatic N) is 5. The second-order valence-corrected chi connectivity index (χ2v) is 7.72. The number of methoxy groups -OCH3 is 1. The summed E-state index contributed by atoms with van der Waals surface area (Å²) < 4.78 is 35.5. The smallest absolute Gasteiger partial charge is 0.303 e. The summed E-state index contributed by atoms with van der Waals surface area (Å²) >= 11 is 0. The maximum absolute atomic E-state index is 14.2. The first kappa shape index (κ1) is 21.6. The summed E-state index contributed by atoms with van der Waals surface area (Å²) in [5.41, 5.74) is 1.33. The second kappa shape index (κ2) is 8.48. The van der Waals surface area contributed by atoms with Crippen LogP contribution in [0.15, 0.2) is 30.7 Å². The molecule has 0 bridgehead atoms. The fourth-order valence-electron chi connectivity index (χ4n) is 3.27. The number of amides is 1. The van der Waals surface area contributed by atoms with Crippen molar-refractivity contribution in [2.75, 3.05) is 17.7 Å². The molecule has 3 heterocycles. The van der Waals surface area contributed by atoms with Crippen molar-refractivity contribution in [3.8, 4) is 17.0 Å². The van der Waals surface area contributed by atoms with E-state index in [-0.39, 0.29) is 17.5 Å². The summed E-state index contributed by atoms with van der Waals surface area (Å²) in [6.07, 6.45) is 8.10. The molecule has 1 aliphatic carbocycles. The standard InChI is InChI=1S/C21H23F2N7O2/c1-12(31)26-18-8-16(17(32-3)10-24-18)27-19-7-15(28-20(29-19)21(2,22)23)13-9-25-30(11-13)14-5-4-6-14/h7-11,14H,4-6H2,1-3H3,(H2,24,26,27,28,29,31). The number of hydrogen-bond donors (Lipinski definition) is 2. The van der Waals surface area contributed by atoms with Crippen LogP contribution in [0.3, 0.4) is 0 Å². The summed E-state index contributed by atoms with van der Waals surface area (Å²) in [5, 5.41) is 9.92. The summed E-state index contributed by atoms with van der Waals surface area (Å²) in [6, 6.07) is 3.43. The van der Waals surface area contributed by atoms with Crippen molar-refractivity contribution >= 4 is 23.2 Å². The number of rotatable bonds is 7. The molecule has 0 unspecified atom stereocenters. The number of carbonyl (C=O) groups is 1. The molecule has 1 saturated carbocycles. The zero-order chi connectivity index (χ0) is 22.9. The molecule has 1 aliphatic rings. The lowest BCUT2D eigenvalue weighted by Gasteiger charge is -2.25. The van der Waals surface area contributed by atoms with Crippen LogP contribution in [0.5, 0.6) is 5.75 Å². The van der Waals surface area contributed by atoms with Gasteiger partial charge in [0.1, 0.15) is 11.6 Å². The highest BCUT2D eigenvalue weighted by atomic mass is 19.3. The van der Waals surface area contributed by atoms with Gasteiger partial charge >= 0.3 is 5.92 Å². The molecule has 0 aromatic carbocycles. The highest BCUT2D eigenvalue weighted by Gasteiger charge is 2.30. The van der Waals surface area contributed by atoms with Gasteiger partial charge in [-0.15, -0.1) is 0 Å². The Morgan fingerprint density at radius 1 is 1.22 bits per heavy atom. The van der Waals surface area contributed by atoms with Crippen molar-refractivity contribution in [3.05, 3.63) is 36.5 Å². The number of pyridine rings is 1. The average molecular weight is 443 g/mol. The van der Waals surface area contributed by atoms with Gasteiger partial charge in [-0.05, 0) is 19.3 Å². The van der Waals surface area contributed by atoms with E-state index in [0.29, 0.717) is 28.7 Å². The van der Waals surface area contributed by atoms with Gasteiger partial charge in [-0.25, -0.2) is 15.0 Å². The van der Waals surface area contributed by atoms with Crippen molar-refractivity contribution in [2.45, 2.75) is 45.1 Å². The fraction of sp³-hybridized carbons (Fsp3) is 0.381. The Bertz CT molecular complexity index is 1140. The monoisotopic (exact) mass is 443 g/mol. The molecule has 0 aliphatic heterocycles. The molecule has 11 heteroatoms. The highest BCUT2D eigenvalue weighted by Crippen LogP contribution is 2.34. The minimum Gasteiger partial charge on any atom is -0.493 e. The largest absolute Gasteiger partial charge is 0.493 e. The zero-order valence-electron chi connectivity index (χ0n) is 17.9. The molecule has 3 aromatic heterocycles. The van der Waals surface area contributed by atoms with E-state index >= 15 is 0 Å². The molecular weight excluding hydrogens is 420 g/mol. The Morgan fingerprint density at radius 3 is 2.62 bits per heavy atom. The first-order valence-corrected chi connectivity index (χ1v) is 10.1. The van der Waals surface area contributed by atoms with Crippen LogP contribution >= 0.6 is 0 Å². The van der Waals surface area contributed by atoms with Crippen molar-refractivity contribution in [1.29, 1.82) is 0 Å². The van der Waals surface area contributed by atoms with E-state index in [1.807, 2.05) is 10.9 Å². The molecule has 4 rings (SSSR count). The van der Waals surface area contributed by atoms with E-state index in [2.05, 4.69) is 30.7 Å². The van der Waals surface area contributed by atoms with Gasteiger partial charge in [0.25, 0.3) is 0 Å². The van der Waals surface area contributed by atoms with Crippen LogP contribution in [0, 0.1) is 0 Å². The van der Waals surface area contributed by atoms with E-state index in [1.165, 1.54) is 26.3 Å². The molecule has 2 N–H and O–H groups in total. The number of hydrogen-bond acceptors (Lipinski definition) is 7. The Hall–Kier alpha value is -3.63. The Balaban J connectivity index is 1.71. The predicted molar refractivity (Wildman–Crippen MR) is 114 cm³/mol. The van der Waals surface area contributed by atoms with Crippen LogP contribution < -0.4 is 15.4 Å². The average Bonchev–Trinajstić information content (AvgIpc) is 3.15. The minimum absolute atomic E-state index is 0.140. The summed E-state index contributed by atoms with van der Waals surface area (Å²) in [7, 11) is 1.45. The van der Waals surface area contributed by atoms with E-state index in [0.717, 1.165) is 26.2 Å². The molecule has 32 heavy (non-hydrogen) atoms. The lowest BCUT2D eigenvalue weighted by molar-refractivity contribution is -0.114. The van der Waals surface area contributed by atoms with Gasteiger partial charge in [0, 0.05) is 37.7 Å². The summed E-state index contributed by atoms with van der Waals surface area (Å²) in [5.74, 6) is -3.40. The molecule has 168 valence electrons. The number of ether oxygens (including phenoxy) is 1. The molecule has 0 atom stereocenters. The third kappa shape index (κ3) is 4.66. The Kier molecular flexibility index (Phi) is 5.72. The normalized spacial score (nSPS) is 14.0. The van der Waals surface area contributed by atoms with Crippen molar-refractivity contribution in [1.82, 2.24) is 24.7 Å². The first-order valence-electron chi connectivity index (χ1n) is 10.1. The molecule has 9 nitrogen and oxygen atoms in total. The zero-order valence-corrected chi connectivity index (χ0v) is 17.9. The number of anilines is 3. The molecule has 3 aromatic rings. The van der Waals surface area contributed by atoms with Gasteiger partial charge in [0.15, 0.2) is 5.75 Å². The molecule has 0 radical (unpaired) electrons. The maximum atomic E-state index is 14.2. The number of carbonyl (C=O) groups excluding carboxylic acids is 1. The van der Waals surface area contributed by atoms with Crippen LogP contribution in [0.4, 0.5) is 26.1 Å². The lowest BCUT2D eigenvalue weighted by Crippen LogP contribution is -2.17. The highest BCUT2D eigenvalue weighted by molar-refractivity contribution is 5.88. The lowest BCUT2D eigenvalue weighted by atomic mass is 9.93. The van der Waals surface area contributed by atoms with Gasteiger partial charge in [-0.1, -0.05) is 0 Å². The summed E-state index contributed by atoms with van der Waals surface area (Å²) in [4.78, 5) is 23.5. The van der Waals surface area contributed by atoms with E-state index in [1.54, 1.807) is 12.3 Å². The summed E-state index contributed by atoms with van der Waals surface area (Å²) in [6.45, 7) is 2.10. The van der Waals surface area contributed by atoms with Crippen molar-refractivity contribution < 1.29 is 18.3 Å². The topological polar surface area (TPSA) is 107 Å². The van der Waals surface area contributed by atoms with Gasteiger partial charge in [0.05, 0.1) is 36.9 Å². The second-order valence-electron chi connectivity index (χ2n) is 7.72. The van der Waals surface area contributed by atoms with Gasteiger partial charge in [-0.3, -0.25) is 9.48 Å². The van der Waals surface area contributed by atoms with E-state index in [9.17, 15) is 13.6 Å². The predicted octanol–water partition coefficient (Wildman–Crippen LogP) is 4.28. The molecule has 0 saturated heterocycles. The van der Waals surface area contributed by atoms with Crippen LogP contribution in [0.25, 0.3) is 11.3 Å². The van der Waals surface area contributed by atoms with Gasteiger partial charge < -0.3 is 15.4 Å². The first-order chi connectivity index (χ1) is 15.2. The molecular formula is C21H23F2N7O2. The quantitative estimate of drug-likeness (QED) is 0.561. The maximum Gasteiger partial charge on any atom is 0.303 e. The molecule has 1 amide bonds. The molecule has 0 spiro atoms. The van der Waals surface area contributed by atoms with Gasteiger partial charge in [0.2, 0.25) is 11.7 Å². The van der Waals surface area contributed by atoms with Crippen molar-refractivity contribution in [2.24, 2.45) is 0 Å². The number of nitrogens with one attached hydrogen (secondary N) is 2. The van der Waals surface area contributed by atoms with E-state index < -0.39 is 11.7 Å². The Morgan fingerprint density at radius 2 is 2.00 bits per heavy atom. The van der Waals surface area contributed by atoms with Gasteiger partial charge in [-0.2, -0.15) is 13.9 Å². The number of aromatic nitrogens is 5. The molecule has 1 fully saturated rings. The van der Waals surface area contributed by atoms with Crippen LogP contribution in [-0.4, -0.2) is 37.7 Å². The van der Waals surface area contributed by atoms with Crippen LogP contribution in [0.1, 0.15) is 45.0 Å². The minimum atomic E-state index is -3.25. The van der Waals surface area contributed by atoms with E-state index in [4.69, 9.17) is 4.74 Å². The number of alkyl halides is 2. The van der Waals surface area contributed by atoms with Crippen molar-refractivity contribution in [3.63, 3.8) is 0 Å². The van der Waals surface area contributed by atoms with Crippen LogP contribution in [-0.2, 0) is 10.7 Å². The third-order valence-corrected chi connectivity index (χ3v) is 5.12.